The van der Waals surface area contributed by atoms with Crippen molar-refractivity contribution < 1.29 is 37.0 Å². The molecule has 0 amide bonds. The molecule has 0 aliphatic carbocycles. The molecule has 0 aromatic heterocycles. The quantitative estimate of drug-likeness (QED) is 0.678. The SMILES string of the molecule is CCOC(=O)C1=C(C(=O)OCC)[C@@](c2ccc(Br)cc2)(C(F)(F)F)O1. The lowest BCUT2D eigenvalue weighted by molar-refractivity contribution is -0.278. The van der Waals surface area contributed by atoms with Gasteiger partial charge in [-0.05, 0) is 26.0 Å². The predicted molar refractivity (Wildman–Crippen MR) is 83.3 cm³/mol. The largest absolute Gasteiger partial charge is 0.462 e. The van der Waals surface area contributed by atoms with Gasteiger partial charge in [-0.25, -0.2) is 9.59 Å². The molecule has 25 heavy (non-hydrogen) atoms. The summed E-state index contributed by atoms with van der Waals surface area (Å²) in [6, 6.07) is 5.05. The maximum atomic E-state index is 13.9. The number of ether oxygens (including phenoxy) is 3. The fraction of sp³-hybridized carbons (Fsp3) is 0.375. The average Bonchev–Trinajstić information content (AvgIpc) is 2.47. The minimum atomic E-state index is -5.00. The van der Waals surface area contributed by atoms with Crippen LogP contribution >= 0.6 is 15.9 Å². The minimum Gasteiger partial charge on any atom is -0.462 e. The highest BCUT2D eigenvalue weighted by atomic mass is 79.9. The highest BCUT2D eigenvalue weighted by Crippen LogP contribution is 2.56. The van der Waals surface area contributed by atoms with Crippen LogP contribution in [0.3, 0.4) is 0 Å². The van der Waals surface area contributed by atoms with E-state index in [-0.39, 0.29) is 18.8 Å². The highest BCUT2D eigenvalue weighted by Gasteiger charge is 2.71. The van der Waals surface area contributed by atoms with Gasteiger partial charge in [0.2, 0.25) is 5.76 Å². The summed E-state index contributed by atoms with van der Waals surface area (Å²) in [7, 11) is 0. The number of alkyl halides is 3. The van der Waals surface area contributed by atoms with Crippen molar-refractivity contribution in [2.45, 2.75) is 25.6 Å². The molecule has 1 aromatic carbocycles. The van der Waals surface area contributed by atoms with Crippen LogP contribution in [0.1, 0.15) is 19.4 Å². The predicted octanol–water partition coefficient (Wildman–Crippen LogP) is 3.62. The van der Waals surface area contributed by atoms with Gasteiger partial charge in [0.25, 0.3) is 5.60 Å². The van der Waals surface area contributed by atoms with Gasteiger partial charge < -0.3 is 14.2 Å². The molecule has 1 atom stereocenters. The number of hydrogen-bond donors (Lipinski definition) is 0. The van der Waals surface area contributed by atoms with Gasteiger partial charge in [0.15, 0.2) is 0 Å². The zero-order valence-electron chi connectivity index (χ0n) is 13.3. The maximum Gasteiger partial charge on any atom is 0.437 e. The summed E-state index contributed by atoms with van der Waals surface area (Å²) in [4.78, 5) is 24.0. The molecule has 0 saturated heterocycles. The molecule has 1 aromatic rings. The summed E-state index contributed by atoms with van der Waals surface area (Å²) in [5, 5.41) is 0. The van der Waals surface area contributed by atoms with E-state index < -0.39 is 35.0 Å². The number of benzene rings is 1. The first-order valence-corrected chi connectivity index (χ1v) is 8.09. The molecule has 0 unspecified atom stereocenters. The number of carbonyl (C=O) groups excluding carboxylic acids is 2. The Hall–Kier alpha value is -2.03. The fourth-order valence-corrected chi connectivity index (χ4v) is 2.66. The Morgan fingerprint density at radius 3 is 2.08 bits per heavy atom. The van der Waals surface area contributed by atoms with Crippen molar-refractivity contribution >= 4 is 27.9 Å². The third kappa shape index (κ3) is 3.24. The Kier molecular flexibility index (Phi) is 5.46. The van der Waals surface area contributed by atoms with Crippen molar-refractivity contribution in [3.63, 3.8) is 0 Å². The Balaban J connectivity index is 2.65. The van der Waals surface area contributed by atoms with E-state index in [4.69, 9.17) is 9.47 Å². The van der Waals surface area contributed by atoms with Crippen LogP contribution in [0.4, 0.5) is 13.2 Å². The van der Waals surface area contributed by atoms with Crippen molar-refractivity contribution in [3.8, 4) is 0 Å². The van der Waals surface area contributed by atoms with E-state index in [0.717, 1.165) is 12.1 Å². The summed E-state index contributed by atoms with van der Waals surface area (Å²) in [5.41, 5.74) is -4.34. The normalized spacial score (nSPS) is 19.8. The van der Waals surface area contributed by atoms with E-state index in [1.54, 1.807) is 0 Å². The first kappa shape index (κ1) is 19.3. The standard InChI is InChI=1S/C16H14BrF3O5/c1-3-23-13(21)11-12(14(22)24-4-2)25-15(11,16(18,19)20)9-5-7-10(17)8-6-9/h5-8H,3-4H2,1-2H3/t15-/m0/s1. The van der Waals surface area contributed by atoms with Crippen LogP contribution in [0.25, 0.3) is 0 Å². The van der Waals surface area contributed by atoms with E-state index >= 15 is 0 Å². The Morgan fingerprint density at radius 2 is 1.60 bits per heavy atom. The van der Waals surface area contributed by atoms with Crippen molar-refractivity contribution in [1.29, 1.82) is 0 Å². The molecule has 1 aliphatic rings. The van der Waals surface area contributed by atoms with Crippen LogP contribution in [0.2, 0.25) is 0 Å². The van der Waals surface area contributed by atoms with Gasteiger partial charge in [-0.3, -0.25) is 0 Å². The summed E-state index contributed by atoms with van der Waals surface area (Å²) in [6.45, 7) is 2.68. The summed E-state index contributed by atoms with van der Waals surface area (Å²) < 4.78 is 56.4. The number of esters is 2. The topological polar surface area (TPSA) is 61.8 Å². The van der Waals surface area contributed by atoms with Crippen molar-refractivity contribution in [3.05, 3.63) is 45.6 Å². The van der Waals surface area contributed by atoms with Gasteiger partial charge >= 0.3 is 18.1 Å². The number of rotatable bonds is 5. The Morgan fingerprint density at radius 1 is 1.08 bits per heavy atom. The second-order valence-electron chi connectivity index (χ2n) is 4.93. The van der Waals surface area contributed by atoms with Crippen LogP contribution < -0.4 is 0 Å². The molecule has 0 N–H and O–H groups in total. The molecule has 0 fully saturated rings. The molecule has 0 bridgehead atoms. The van der Waals surface area contributed by atoms with Gasteiger partial charge in [0, 0.05) is 10.0 Å². The molecule has 0 saturated carbocycles. The van der Waals surface area contributed by atoms with Crippen molar-refractivity contribution in [2.24, 2.45) is 0 Å². The van der Waals surface area contributed by atoms with Crippen LogP contribution in [-0.4, -0.2) is 31.3 Å². The lowest BCUT2D eigenvalue weighted by Crippen LogP contribution is -2.56. The monoisotopic (exact) mass is 422 g/mol. The second-order valence-corrected chi connectivity index (χ2v) is 5.85. The fourth-order valence-electron chi connectivity index (χ4n) is 2.40. The number of hydrogen-bond acceptors (Lipinski definition) is 5. The molecule has 5 nitrogen and oxygen atoms in total. The average molecular weight is 423 g/mol. The number of halogens is 4. The third-order valence-corrected chi connectivity index (χ3v) is 3.95. The van der Waals surface area contributed by atoms with Gasteiger partial charge in [0.05, 0.1) is 13.2 Å². The highest BCUT2D eigenvalue weighted by molar-refractivity contribution is 9.10. The molecule has 1 heterocycles. The van der Waals surface area contributed by atoms with Crippen LogP contribution in [0.15, 0.2) is 40.1 Å². The number of carbonyl (C=O) groups is 2. The van der Waals surface area contributed by atoms with Crippen molar-refractivity contribution in [2.75, 3.05) is 13.2 Å². The van der Waals surface area contributed by atoms with Gasteiger partial charge in [-0.2, -0.15) is 13.2 Å². The van der Waals surface area contributed by atoms with Crippen LogP contribution in [0, 0.1) is 0 Å². The van der Waals surface area contributed by atoms with E-state index in [1.807, 2.05) is 0 Å². The molecular formula is C16H14BrF3O5. The molecular weight excluding hydrogens is 409 g/mol. The van der Waals surface area contributed by atoms with Gasteiger partial charge in [-0.1, -0.05) is 28.1 Å². The first-order valence-electron chi connectivity index (χ1n) is 7.29. The molecule has 9 heteroatoms. The summed E-state index contributed by atoms with van der Waals surface area (Å²) in [6.07, 6.45) is -5.00. The molecule has 1 aliphatic heterocycles. The van der Waals surface area contributed by atoms with E-state index in [2.05, 4.69) is 20.7 Å². The zero-order chi connectivity index (χ0) is 18.8. The minimum absolute atomic E-state index is 0.0842. The van der Waals surface area contributed by atoms with Crippen LogP contribution in [0.5, 0.6) is 0 Å². The lowest BCUT2D eigenvalue weighted by Gasteiger charge is -2.44. The van der Waals surface area contributed by atoms with E-state index in [1.165, 1.54) is 26.0 Å². The molecule has 136 valence electrons. The maximum absolute atomic E-state index is 13.9. The summed E-state index contributed by atoms with van der Waals surface area (Å²) >= 11 is 3.13. The zero-order valence-corrected chi connectivity index (χ0v) is 14.9. The second kappa shape index (κ2) is 7.07. The molecule has 2 rings (SSSR count). The Bertz CT molecular complexity index is 711. The molecule has 0 radical (unpaired) electrons. The lowest BCUT2D eigenvalue weighted by atomic mass is 9.80. The molecule has 0 spiro atoms. The van der Waals surface area contributed by atoms with Gasteiger partial charge in [-0.15, -0.1) is 0 Å². The van der Waals surface area contributed by atoms with Gasteiger partial charge in [0.1, 0.15) is 5.57 Å². The smallest absolute Gasteiger partial charge is 0.437 e. The van der Waals surface area contributed by atoms with E-state index in [0.29, 0.717) is 4.47 Å². The van der Waals surface area contributed by atoms with Crippen LogP contribution in [-0.2, 0) is 29.4 Å². The van der Waals surface area contributed by atoms with Crippen molar-refractivity contribution in [1.82, 2.24) is 0 Å². The summed E-state index contributed by atoms with van der Waals surface area (Å²) in [5.74, 6) is -3.22. The van der Waals surface area contributed by atoms with E-state index in [9.17, 15) is 22.8 Å². The Labute approximate surface area is 149 Å². The first-order chi connectivity index (χ1) is 11.7. The third-order valence-electron chi connectivity index (χ3n) is 3.42.